The third kappa shape index (κ3) is 2.15. The molecule has 0 unspecified atom stereocenters. The van der Waals surface area contributed by atoms with Gasteiger partial charge in [-0.2, -0.15) is 0 Å². The van der Waals surface area contributed by atoms with Crippen molar-refractivity contribution < 1.29 is 14.3 Å². The predicted molar refractivity (Wildman–Crippen MR) is 88.8 cm³/mol. The molecule has 4 aliphatic rings. The fourth-order valence-corrected chi connectivity index (χ4v) is 6.17. The normalized spacial score (nSPS) is 49.7. The lowest BCUT2D eigenvalue weighted by atomic mass is 9.70. The predicted octanol–water partition coefficient (Wildman–Crippen LogP) is 4.03. The van der Waals surface area contributed by atoms with Crippen LogP contribution in [0, 0.1) is 23.7 Å². The van der Waals surface area contributed by atoms with E-state index in [0.717, 1.165) is 43.9 Å². The van der Waals surface area contributed by atoms with Crippen molar-refractivity contribution in [2.75, 3.05) is 0 Å². The number of esters is 1. The van der Waals surface area contributed by atoms with Gasteiger partial charge in [-0.25, -0.2) is 0 Å². The zero-order valence-electron chi connectivity index (χ0n) is 14.1. The molecular weight excluding hydrogens is 288 g/mol. The summed E-state index contributed by atoms with van der Waals surface area (Å²) in [5.74, 6) is 2.55. The summed E-state index contributed by atoms with van der Waals surface area (Å²) in [4.78, 5) is 11.9. The molecule has 3 nitrogen and oxygen atoms in total. The lowest BCUT2D eigenvalue weighted by Gasteiger charge is -2.44. The van der Waals surface area contributed by atoms with Gasteiger partial charge in [-0.1, -0.05) is 12.2 Å². The van der Waals surface area contributed by atoms with Crippen molar-refractivity contribution in [3.05, 3.63) is 25.3 Å². The third-order valence-electron chi connectivity index (χ3n) is 6.89. The van der Waals surface area contributed by atoms with Gasteiger partial charge in [0.25, 0.3) is 0 Å². The smallest absolute Gasteiger partial charge is 0.303 e. The fourth-order valence-electron chi connectivity index (χ4n) is 6.17. The van der Waals surface area contributed by atoms with Crippen LogP contribution >= 0.6 is 0 Å². The lowest BCUT2D eigenvalue weighted by Crippen LogP contribution is -2.54. The van der Waals surface area contributed by atoms with Gasteiger partial charge in [-0.15, -0.1) is 13.2 Å². The molecule has 0 radical (unpaired) electrons. The number of carbonyl (C=O) groups excluding carboxylic acids is 1. The molecule has 3 saturated carbocycles. The van der Waals surface area contributed by atoms with Gasteiger partial charge in [-0.05, 0) is 62.2 Å². The van der Waals surface area contributed by atoms with Crippen molar-refractivity contribution in [3.8, 4) is 0 Å². The van der Waals surface area contributed by atoms with Gasteiger partial charge in [-0.3, -0.25) is 4.79 Å². The number of hydrogen-bond donors (Lipinski definition) is 0. The van der Waals surface area contributed by atoms with E-state index >= 15 is 0 Å². The van der Waals surface area contributed by atoms with Crippen LogP contribution in [0.2, 0.25) is 0 Å². The highest BCUT2D eigenvalue weighted by molar-refractivity contribution is 5.67. The first-order chi connectivity index (χ1) is 11.0. The lowest BCUT2D eigenvalue weighted by molar-refractivity contribution is -0.188. The summed E-state index contributed by atoms with van der Waals surface area (Å²) < 4.78 is 12.8. The molecule has 1 heterocycles. The Morgan fingerprint density at radius 1 is 1.17 bits per heavy atom. The van der Waals surface area contributed by atoms with Crippen molar-refractivity contribution in [2.24, 2.45) is 23.7 Å². The molecule has 0 bridgehead atoms. The molecule has 3 aliphatic carbocycles. The zero-order chi connectivity index (χ0) is 16.2. The van der Waals surface area contributed by atoms with Gasteiger partial charge < -0.3 is 9.47 Å². The van der Waals surface area contributed by atoms with Crippen molar-refractivity contribution in [3.63, 3.8) is 0 Å². The first-order valence-electron chi connectivity index (χ1n) is 9.13. The van der Waals surface area contributed by atoms with E-state index < -0.39 is 5.60 Å². The van der Waals surface area contributed by atoms with Crippen molar-refractivity contribution in [2.45, 2.75) is 69.2 Å². The topological polar surface area (TPSA) is 35.5 Å². The maximum Gasteiger partial charge on any atom is 0.303 e. The molecule has 0 amide bonds. The van der Waals surface area contributed by atoms with Crippen LogP contribution in [0.4, 0.5) is 0 Å². The number of rotatable bonds is 5. The van der Waals surface area contributed by atoms with Crippen LogP contribution in [-0.4, -0.2) is 23.3 Å². The average molecular weight is 316 g/mol. The molecule has 23 heavy (non-hydrogen) atoms. The summed E-state index contributed by atoms with van der Waals surface area (Å²) in [5, 5.41) is 0. The minimum atomic E-state index is -0.418. The molecule has 4 rings (SSSR count). The van der Waals surface area contributed by atoms with Crippen molar-refractivity contribution in [1.29, 1.82) is 0 Å². The molecule has 1 saturated heterocycles. The van der Waals surface area contributed by atoms with E-state index in [9.17, 15) is 4.79 Å². The monoisotopic (exact) mass is 316 g/mol. The van der Waals surface area contributed by atoms with Crippen LogP contribution in [0.1, 0.15) is 51.9 Å². The molecule has 1 aliphatic heterocycles. The number of carbonyl (C=O) groups is 1. The van der Waals surface area contributed by atoms with Gasteiger partial charge >= 0.3 is 5.97 Å². The molecule has 1 spiro atoms. The van der Waals surface area contributed by atoms with Gasteiger partial charge in [0.05, 0.1) is 6.10 Å². The largest absolute Gasteiger partial charge is 0.456 e. The molecule has 0 N–H and O–H groups in total. The summed E-state index contributed by atoms with van der Waals surface area (Å²) in [6.07, 6.45) is 11.4. The van der Waals surface area contributed by atoms with E-state index in [1.807, 2.05) is 12.2 Å². The molecule has 3 heteroatoms. The second-order valence-electron chi connectivity index (χ2n) is 8.24. The second-order valence-corrected chi connectivity index (χ2v) is 8.24. The molecule has 0 aromatic rings. The van der Waals surface area contributed by atoms with Crippen LogP contribution in [0.5, 0.6) is 0 Å². The summed E-state index contributed by atoms with van der Waals surface area (Å²) in [6.45, 7) is 9.36. The average Bonchev–Trinajstić information content (AvgIpc) is 3.10. The standard InChI is InChI=1S/C20H28O3/c1-4-6-14-10-19(22-13(3)21)12-17(7-5-2)23-20(19)11-16-8-15(16)9-18(14)20/h4-5,14-18H,1-2,6-12H2,3H3/t14-,15+,16-,17-,18-,19+,20-/m1/s1. The van der Waals surface area contributed by atoms with Gasteiger partial charge in [0.2, 0.25) is 0 Å². The fraction of sp³-hybridized carbons (Fsp3) is 0.750. The van der Waals surface area contributed by atoms with E-state index in [4.69, 9.17) is 9.47 Å². The Morgan fingerprint density at radius 3 is 2.65 bits per heavy atom. The highest BCUT2D eigenvalue weighted by Crippen LogP contribution is 2.70. The maximum absolute atomic E-state index is 11.9. The van der Waals surface area contributed by atoms with E-state index in [1.54, 1.807) is 6.92 Å². The van der Waals surface area contributed by atoms with Crippen LogP contribution in [0.15, 0.2) is 25.3 Å². The van der Waals surface area contributed by atoms with Gasteiger partial charge in [0.1, 0.15) is 11.2 Å². The molecular formula is C20H28O3. The van der Waals surface area contributed by atoms with Crippen LogP contribution in [0.25, 0.3) is 0 Å². The second kappa shape index (κ2) is 5.20. The van der Waals surface area contributed by atoms with Crippen LogP contribution in [0.3, 0.4) is 0 Å². The molecule has 0 aromatic heterocycles. The summed E-state index contributed by atoms with van der Waals surface area (Å²) >= 11 is 0. The maximum atomic E-state index is 11.9. The zero-order valence-corrected chi connectivity index (χ0v) is 14.1. The van der Waals surface area contributed by atoms with E-state index in [-0.39, 0.29) is 17.7 Å². The molecule has 4 fully saturated rings. The number of hydrogen-bond acceptors (Lipinski definition) is 3. The Hall–Kier alpha value is -1.09. The molecule has 7 atom stereocenters. The summed E-state index contributed by atoms with van der Waals surface area (Å²) in [7, 11) is 0. The number of allylic oxidation sites excluding steroid dienone is 1. The first-order valence-corrected chi connectivity index (χ1v) is 9.13. The van der Waals surface area contributed by atoms with E-state index in [1.165, 1.54) is 12.8 Å². The Labute approximate surface area is 139 Å². The Bertz CT molecular complexity index is 541. The summed E-state index contributed by atoms with van der Waals surface area (Å²) in [5.41, 5.74) is -0.671. The minimum Gasteiger partial charge on any atom is -0.456 e. The van der Waals surface area contributed by atoms with Crippen molar-refractivity contribution in [1.82, 2.24) is 0 Å². The Balaban J connectivity index is 1.73. The quantitative estimate of drug-likeness (QED) is 0.567. The van der Waals surface area contributed by atoms with E-state index in [2.05, 4.69) is 13.2 Å². The Morgan fingerprint density at radius 2 is 1.96 bits per heavy atom. The summed E-state index contributed by atoms with van der Waals surface area (Å²) in [6, 6.07) is 0. The third-order valence-corrected chi connectivity index (χ3v) is 6.89. The first kappa shape index (κ1) is 15.4. The highest BCUT2D eigenvalue weighted by Gasteiger charge is 2.74. The number of ether oxygens (including phenoxy) is 2. The minimum absolute atomic E-state index is 0.148. The van der Waals surface area contributed by atoms with Crippen LogP contribution in [-0.2, 0) is 14.3 Å². The van der Waals surface area contributed by atoms with Gasteiger partial charge in [0, 0.05) is 13.3 Å². The van der Waals surface area contributed by atoms with Gasteiger partial charge in [0.15, 0.2) is 0 Å². The highest BCUT2D eigenvalue weighted by atomic mass is 16.6. The molecule has 0 aromatic carbocycles. The SMILES string of the molecule is C=CC[C@@H]1C[C@@]2(OC(C)=O)C[C@@H](CC=C)[C@H]3C[C@@H]4C[C@@H]4C[C@@]32O1. The number of fused-ring (bicyclic) bond motifs is 1. The van der Waals surface area contributed by atoms with E-state index in [0.29, 0.717) is 11.8 Å². The molecule has 126 valence electrons. The van der Waals surface area contributed by atoms with Crippen LogP contribution < -0.4 is 0 Å². The van der Waals surface area contributed by atoms with Crippen molar-refractivity contribution >= 4 is 5.97 Å². The Kier molecular flexibility index (Phi) is 3.49.